The highest BCUT2D eigenvalue weighted by Gasteiger charge is 2.14. The highest BCUT2D eigenvalue weighted by Crippen LogP contribution is 2.22. The van der Waals surface area contributed by atoms with Crippen LogP contribution in [0.1, 0.15) is 24.6 Å². The van der Waals surface area contributed by atoms with Crippen LogP contribution in [-0.2, 0) is 13.1 Å². The minimum Gasteiger partial charge on any atom is -0.311 e. The zero-order valence-electron chi connectivity index (χ0n) is 11.2. The van der Waals surface area contributed by atoms with Gasteiger partial charge >= 0.3 is 0 Å². The SMILES string of the molecule is CCCNCc1ccnn1Cc1c(F)ccc(Br)c1F. The second kappa shape index (κ2) is 6.95. The molecule has 0 fully saturated rings. The Balaban J connectivity index is 2.19. The van der Waals surface area contributed by atoms with E-state index in [1.54, 1.807) is 10.9 Å². The van der Waals surface area contributed by atoms with Gasteiger partial charge in [0.25, 0.3) is 0 Å². The minimum absolute atomic E-state index is 0.0137. The third-order valence-electron chi connectivity index (χ3n) is 2.98. The summed E-state index contributed by atoms with van der Waals surface area (Å²) in [5, 5.41) is 7.38. The molecule has 2 rings (SSSR count). The van der Waals surface area contributed by atoms with Gasteiger partial charge in [-0.05, 0) is 47.1 Å². The van der Waals surface area contributed by atoms with Gasteiger partial charge in [-0.3, -0.25) is 4.68 Å². The second-order valence-corrected chi connectivity index (χ2v) is 5.33. The van der Waals surface area contributed by atoms with Crippen molar-refractivity contribution in [3.05, 3.63) is 51.8 Å². The van der Waals surface area contributed by atoms with Crippen LogP contribution >= 0.6 is 15.9 Å². The zero-order chi connectivity index (χ0) is 14.5. The van der Waals surface area contributed by atoms with Gasteiger partial charge in [0.1, 0.15) is 11.6 Å². The van der Waals surface area contributed by atoms with Crippen LogP contribution in [0.4, 0.5) is 8.78 Å². The molecule has 20 heavy (non-hydrogen) atoms. The van der Waals surface area contributed by atoms with Crippen LogP contribution in [0, 0.1) is 11.6 Å². The first-order valence-electron chi connectivity index (χ1n) is 6.47. The van der Waals surface area contributed by atoms with Gasteiger partial charge in [0, 0.05) is 18.3 Å². The number of aromatic nitrogens is 2. The molecule has 0 bridgehead atoms. The van der Waals surface area contributed by atoms with Crippen molar-refractivity contribution in [1.29, 1.82) is 0 Å². The van der Waals surface area contributed by atoms with Crippen molar-refractivity contribution < 1.29 is 8.78 Å². The lowest BCUT2D eigenvalue weighted by Crippen LogP contribution is -2.18. The van der Waals surface area contributed by atoms with Gasteiger partial charge in [-0.2, -0.15) is 5.10 Å². The van der Waals surface area contributed by atoms with Crippen LogP contribution in [0.2, 0.25) is 0 Å². The molecular formula is C14H16BrF2N3. The smallest absolute Gasteiger partial charge is 0.145 e. The van der Waals surface area contributed by atoms with Crippen LogP contribution in [0.15, 0.2) is 28.9 Å². The molecule has 0 spiro atoms. The van der Waals surface area contributed by atoms with Gasteiger partial charge in [0.15, 0.2) is 0 Å². The first kappa shape index (κ1) is 15.1. The molecule has 1 aromatic heterocycles. The molecule has 0 aliphatic carbocycles. The van der Waals surface area contributed by atoms with Gasteiger partial charge < -0.3 is 5.32 Å². The molecule has 0 amide bonds. The maximum absolute atomic E-state index is 13.9. The standard InChI is InChI=1S/C14H16BrF2N3/c1-2-6-18-8-10-5-7-19-20(10)9-11-13(16)4-3-12(15)14(11)17/h3-5,7,18H,2,6,8-9H2,1H3. The number of halogens is 3. The molecule has 1 heterocycles. The van der Waals surface area contributed by atoms with Crippen molar-refractivity contribution in [1.82, 2.24) is 15.1 Å². The number of hydrogen-bond donors (Lipinski definition) is 1. The summed E-state index contributed by atoms with van der Waals surface area (Å²) in [6.45, 7) is 3.68. The molecule has 3 nitrogen and oxygen atoms in total. The molecule has 2 aromatic rings. The first-order valence-corrected chi connectivity index (χ1v) is 7.26. The average Bonchev–Trinajstić information content (AvgIpc) is 2.87. The highest BCUT2D eigenvalue weighted by atomic mass is 79.9. The number of hydrogen-bond acceptors (Lipinski definition) is 2. The third kappa shape index (κ3) is 3.43. The Morgan fingerprint density at radius 1 is 1.30 bits per heavy atom. The number of nitrogens with one attached hydrogen (secondary N) is 1. The van der Waals surface area contributed by atoms with Gasteiger partial charge in [0.05, 0.1) is 16.7 Å². The van der Waals surface area contributed by atoms with Crippen molar-refractivity contribution >= 4 is 15.9 Å². The second-order valence-electron chi connectivity index (χ2n) is 4.48. The van der Waals surface area contributed by atoms with E-state index in [9.17, 15) is 8.78 Å². The van der Waals surface area contributed by atoms with Gasteiger partial charge in [-0.15, -0.1) is 0 Å². The summed E-state index contributed by atoms with van der Waals surface area (Å²) in [4.78, 5) is 0. The Bertz CT molecular complexity index is 584. The fourth-order valence-corrected chi connectivity index (χ4v) is 2.28. The Kier molecular flexibility index (Phi) is 5.25. The lowest BCUT2D eigenvalue weighted by Gasteiger charge is -2.10. The summed E-state index contributed by atoms with van der Waals surface area (Å²) >= 11 is 3.07. The van der Waals surface area contributed by atoms with E-state index in [1.165, 1.54) is 12.1 Å². The van der Waals surface area contributed by atoms with Crippen LogP contribution in [-0.4, -0.2) is 16.3 Å². The van der Waals surface area contributed by atoms with E-state index in [4.69, 9.17) is 0 Å². The van der Waals surface area contributed by atoms with Crippen molar-refractivity contribution in [2.75, 3.05) is 6.54 Å². The summed E-state index contributed by atoms with van der Waals surface area (Å²) in [7, 11) is 0. The zero-order valence-corrected chi connectivity index (χ0v) is 12.8. The Morgan fingerprint density at radius 2 is 2.10 bits per heavy atom. The summed E-state index contributed by atoms with van der Waals surface area (Å²) in [5.41, 5.74) is 0.914. The molecule has 6 heteroatoms. The van der Waals surface area contributed by atoms with E-state index in [2.05, 4.69) is 33.3 Å². The largest absolute Gasteiger partial charge is 0.311 e. The topological polar surface area (TPSA) is 29.9 Å². The van der Waals surface area contributed by atoms with E-state index < -0.39 is 11.6 Å². The van der Waals surface area contributed by atoms with Crippen molar-refractivity contribution in [3.8, 4) is 0 Å². The molecule has 1 N–H and O–H groups in total. The Morgan fingerprint density at radius 3 is 2.85 bits per heavy atom. The molecule has 0 saturated carbocycles. The van der Waals surface area contributed by atoms with E-state index in [1.807, 2.05) is 6.07 Å². The highest BCUT2D eigenvalue weighted by molar-refractivity contribution is 9.10. The quantitative estimate of drug-likeness (QED) is 0.642. The minimum atomic E-state index is -0.576. The first-order chi connectivity index (χ1) is 9.63. The fraction of sp³-hybridized carbons (Fsp3) is 0.357. The van der Waals surface area contributed by atoms with Gasteiger partial charge in [-0.1, -0.05) is 6.92 Å². The molecular weight excluding hydrogens is 328 g/mol. The molecule has 0 unspecified atom stereocenters. The van der Waals surface area contributed by atoms with Crippen LogP contribution in [0.25, 0.3) is 0 Å². The summed E-state index contributed by atoms with van der Waals surface area (Å²) in [6.07, 6.45) is 2.67. The van der Waals surface area contributed by atoms with Crippen LogP contribution in [0.3, 0.4) is 0 Å². The van der Waals surface area contributed by atoms with Gasteiger partial charge in [0.2, 0.25) is 0 Å². The number of rotatable bonds is 6. The maximum Gasteiger partial charge on any atom is 0.145 e. The van der Waals surface area contributed by atoms with Crippen LogP contribution in [0.5, 0.6) is 0 Å². The molecule has 1 aromatic carbocycles. The molecule has 0 saturated heterocycles. The predicted octanol–water partition coefficient (Wildman–Crippen LogP) is 3.47. The predicted molar refractivity (Wildman–Crippen MR) is 77.4 cm³/mol. The van der Waals surface area contributed by atoms with Crippen molar-refractivity contribution in [3.63, 3.8) is 0 Å². The van der Waals surface area contributed by atoms with Crippen molar-refractivity contribution in [2.45, 2.75) is 26.4 Å². The van der Waals surface area contributed by atoms with E-state index in [-0.39, 0.29) is 16.6 Å². The normalized spacial score (nSPS) is 11.0. The molecule has 0 radical (unpaired) electrons. The van der Waals surface area contributed by atoms with Gasteiger partial charge in [-0.25, -0.2) is 8.78 Å². The Hall–Kier alpha value is -1.27. The molecule has 0 aliphatic rings. The summed E-state index contributed by atoms with van der Waals surface area (Å²) in [6, 6.07) is 4.46. The molecule has 0 aliphatic heterocycles. The molecule has 108 valence electrons. The lowest BCUT2D eigenvalue weighted by atomic mass is 10.2. The number of nitrogens with zero attached hydrogens (tertiary/aromatic N) is 2. The average molecular weight is 344 g/mol. The fourth-order valence-electron chi connectivity index (χ4n) is 1.91. The Labute approximate surface area is 125 Å². The lowest BCUT2D eigenvalue weighted by molar-refractivity contribution is 0.517. The van der Waals surface area contributed by atoms with Crippen LogP contribution < -0.4 is 5.32 Å². The molecule has 0 atom stereocenters. The van der Waals surface area contributed by atoms with Crippen molar-refractivity contribution in [2.24, 2.45) is 0 Å². The third-order valence-corrected chi connectivity index (χ3v) is 3.60. The summed E-state index contributed by atoms with van der Waals surface area (Å²) in [5.74, 6) is -1.14. The maximum atomic E-state index is 13.9. The number of benzene rings is 1. The van der Waals surface area contributed by atoms with E-state index in [0.29, 0.717) is 6.54 Å². The summed E-state index contributed by atoms with van der Waals surface area (Å²) < 4.78 is 29.6. The van der Waals surface area contributed by atoms with E-state index in [0.717, 1.165) is 18.7 Å². The monoisotopic (exact) mass is 343 g/mol. The van der Waals surface area contributed by atoms with E-state index >= 15 is 0 Å².